The van der Waals surface area contributed by atoms with Crippen LogP contribution in [0.25, 0.3) is 0 Å². The van der Waals surface area contributed by atoms with Gasteiger partial charge in [0.2, 0.25) is 0 Å². The first kappa shape index (κ1) is 12.4. The molecular formula is C14H13FN2O. The van der Waals surface area contributed by atoms with Crippen molar-refractivity contribution in [2.75, 3.05) is 0 Å². The van der Waals surface area contributed by atoms with E-state index in [2.05, 4.69) is 10.2 Å². The molecule has 4 heteroatoms. The van der Waals surface area contributed by atoms with Crippen LogP contribution in [0, 0.1) is 19.7 Å². The number of rotatable bonds is 3. The summed E-state index contributed by atoms with van der Waals surface area (Å²) in [6, 6.07) is 7.77. The van der Waals surface area contributed by atoms with Crippen molar-refractivity contribution in [2.24, 2.45) is 0 Å². The maximum atomic E-state index is 13.0. The van der Waals surface area contributed by atoms with Crippen molar-refractivity contribution < 1.29 is 9.18 Å². The first-order valence-electron chi connectivity index (χ1n) is 5.65. The molecule has 0 fully saturated rings. The maximum Gasteiger partial charge on any atom is 0.169 e. The Bertz CT molecular complexity index is 596. The van der Waals surface area contributed by atoms with Gasteiger partial charge < -0.3 is 0 Å². The van der Waals surface area contributed by atoms with E-state index in [4.69, 9.17) is 0 Å². The van der Waals surface area contributed by atoms with Gasteiger partial charge in [0.15, 0.2) is 5.78 Å². The quantitative estimate of drug-likeness (QED) is 0.779. The van der Waals surface area contributed by atoms with Crippen molar-refractivity contribution in [3.05, 3.63) is 58.7 Å². The van der Waals surface area contributed by atoms with Gasteiger partial charge in [-0.25, -0.2) is 4.39 Å². The van der Waals surface area contributed by atoms with Crippen LogP contribution in [0.3, 0.4) is 0 Å². The zero-order chi connectivity index (χ0) is 13.1. The van der Waals surface area contributed by atoms with E-state index < -0.39 is 0 Å². The molecule has 0 unspecified atom stereocenters. The van der Waals surface area contributed by atoms with Crippen LogP contribution in [0.4, 0.5) is 4.39 Å². The number of halogens is 1. The van der Waals surface area contributed by atoms with Gasteiger partial charge in [-0.05, 0) is 37.6 Å². The average Bonchev–Trinajstić information content (AvgIpc) is 2.32. The van der Waals surface area contributed by atoms with Crippen LogP contribution in [0.2, 0.25) is 0 Å². The molecule has 1 aromatic carbocycles. The van der Waals surface area contributed by atoms with Crippen molar-refractivity contribution in [2.45, 2.75) is 20.3 Å². The fraction of sp³-hybridized carbons (Fsp3) is 0.214. The third-order valence-electron chi connectivity index (χ3n) is 2.65. The fourth-order valence-corrected chi connectivity index (χ4v) is 1.76. The van der Waals surface area contributed by atoms with Crippen molar-refractivity contribution in [3.8, 4) is 0 Å². The number of nitrogens with zero attached hydrogens (tertiary/aromatic N) is 2. The van der Waals surface area contributed by atoms with E-state index in [0.717, 1.165) is 0 Å². The zero-order valence-electron chi connectivity index (χ0n) is 10.3. The Morgan fingerprint density at radius 2 is 2.00 bits per heavy atom. The SMILES string of the molecule is Cc1cc(C(=O)Cc2cccc(F)c2)c(C)nn1. The van der Waals surface area contributed by atoms with E-state index in [0.29, 0.717) is 22.5 Å². The molecule has 1 heterocycles. The summed E-state index contributed by atoms with van der Waals surface area (Å²) >= 11 is 0. The Hall–Kier alpha value is -2.10. The second kappa shape index (κ2) is 5.04. The molecule has 0 aliphatic rings. The van der Waals surface area contributed by atoms with Crippen LogP contribution in [-0.2, 0) is 6.42 Å². The summed E-state index contributed by atoms with van der Waals surface area (Å²) in [5.74, 6) is -0.405. The molecule has 0 saturated heterocycles. The maximum absolute atomic E-state index is 13.0. The number of carbonyl (C=O) groups excluding carboxylic acids is 1. The Balaban J connectivity index is 2.24. The van der Waals surface area contributed by atoms with Crippen LogP contribution in [0.5, 0.6) is 0 Å². The highest BCUT2D eigenvalue weighted by atomic mass is 19.1. The minimum atomic E-state index is -0.332. The lowest BCUT2D eigenvalue weighted by Crippen LogP contribution is -2.08. The Kier molecular flexibility index (Phi) is 3.46. The molecule has 18 heavy (non-hydrogen) atoms. The van der Waals surface area contributed by atoms with Gasteiger partial charge in [0.05, 0.1) is 11.4 Å². The van der Waals surface area contributed by atoms with E-state index in [9.17, 15) is 9.18 Å². The molecule has 92 valence electrons. The average molecular weight is 244 g/mol. The Morgan fingerprint density at radius 1 is 1.22 bits per heavy atom. The molecular weight excluding hydrogens is 231 g/mol. The van der Waals surface area contributed by atoms with Gasteiger partial charge in [0.1, 0.15) is 5.82 Å². The summed E-state index contributed by atoms with van der Waals surface area (Å²) in [4.78, 5) is 12.1. The van der Waals surface area contributed by atoms with Gasteiger partial charge in [-0.1, -0.05) is 12.1 Å². The highest BCUT2D eigenvalue weighted by Gasteiger charge is 2.12. The highest BCUT2D eigenvalue weighted by Crippen LogP contribution is 2.11. The molecule has 2 aromatic rings. The summed E-state index contributed by atoms with van der Waals surface area (Å²) in [5.41, 5.74) is 2.51. The van der Waals surface area contributed by atoms with Crippen molar-refractivity contribution in [1.82, 2.24) is 10.2 Å². The smallest absolute Gasteiger partial charge is 0.169 e. The predicted octanol–water partition coefficient (Wildman–Crippen LogP) is 2.66. The second-order valence-corrected chi connectivity index (χ2v) is 4.21. The molecule has 0 spiro atoms. The molecule has 1 aromatic heterocycles. The molecule has 2 rings (SSSR count). The minimum absolute atomic E-state index is 0.0731. The zero-order valence-corrected chi connectivity index (χ0v) is 10.3. The summed E-state index contributed by atoms with van der Waals surface area (Å²) in [6.07, 6.45) is 0.170. The van der Waals surface area contributed by atoms with Crippen LogP contribution < -0.4 is 0 Å². The molecule has 3 nitrogen and oxygen atoms in total. The van der Waals surface area contributed by atoms with Crippen LogP contribution in [0.1, 0.15) is 27.3 Å². The largest absolute Gasteiger partial charge is 0.294 e. The van der Waals surface area contributed by atoms with Crippen LogP contribution in [-0.4, -0.2) is 16.0 Å². The van der Waals surface area contributed by atoms with Crippen LogP contribution >= 0.6 is 0 Å². The van der Waals surface area contributed by atoms with Crippen molar-refractivity contribution in [3.63, 3.8) is 0 Å². The van der Waals surface area contributed by atoms with E-state index in [1.165, 1.54) is 12.1 Å². The van der Waals surface area contributed by atoms with Crippen molar-refractivity contribution in [1.29, 1.82) is 0 Å². The van der Waals surface area contributed by atoms with Gasteiger partial charge in [0.25, 0.3) is 0 Å². The van der Waals surface area contributed by atoms with E-state index in [1.807, 2.05) is 0 Å². The molecule has 0 bridgehead atoms. The summed E-state index contributed by atoms with van der Waals surface area (Å²) in [5, 5.41) is 7.79. The monoisotopic (exact) mass is 244 g/mol. The number of carbonyl (C=O) groups is 1. The molecule has 0 saturated carbocycles. The minimum Gasteiger partial charge on any atom is -0.294 e. The van der Waals surface area contributed by atoms with Gasteiger partial charge in [-0.3, -0.25) is 4.79 Å². The number of hydrogen-bond acceptors (Lipinski definition) is 3. The fourth-order valence-electron chi connectivity index (χ4n) is 1.76. The molecule has 0 aliphatic heterocycles. The number of aryl methyl sites for hydroxylation is 2. The predicted molar refractivity (Wildman–Crippen MR) is 65.9 cm³/mol. The lowest BCUT2D eigenvalue weighted by Gasteiger charge is -2.05. The van der Waals surface area contributed by atoms with Crippen molar-refractivity contribution >= 4 is 5.78 Å². The van der Waals surface area contributed by atoms with Gasteiger partial charge >= 0.3 is 0 Å². The Morgan fingerprint density at radius 3 is 2.72 bits per heavy atom. The molecule has 0 aliphatic carbocycles. The molecule has 0 N–H and O–H groups in total. The van der Waals surface area contributed by atoms with Gasteiger partial charge in [-0.15, -0.1) is 0 Å². The van der Waals surface area contributed by atoms with Crippen LogP contribution in [0.15, 0.2) is 30.3 Å². The standard InChI is InChI=1S/C14H13FN2O/c1-9-6-13(10(2)17-16-9)14(18)8-11-4-3-5-12(15)7-11/h3-7H,8H2,1-2H3. The van der Waals surface area contributed by atoms with E-state index in [1.54, 1.807) is 32.0 Å². The topological polar surface area (TPSA) is 42.9 Å². The lowest BCUT2D eigenvalue weighted by molar-refractivity contribution is 0.0991. The number of benzene rings is 1. The molecule has 0 radical (unpaired) electrons. The van der Waals surface area contributed by atoms with Gasteiger partial charge in [-0.2, -0.15) is 10.2 Å². The van der Waals surface area contributed by atoms with Gasteiger partial charge in [0, 0.05) is 12.0 Å². The number of ketones is 1. The third-order valence-corrected chi connectivity index (χ3v) is 2.65. The summed E-state index contributed by atoms with van der Waals surface area (Å²) < 4.78 is 13.0. The lowest BCUT2D eigenvalue weighted by atomic mass is 10.0. The second-order valence-electron chi connectivity index (χ2n) is 4.21. The number of hydrogen-bond donors (Lipinski definition) is 0. The summed E-state index contributed by atoms with van der Waals surface area (Å²) in [7, 11) is 0. The first-order valence-corrected chi connectivity index (χ1v) is 5.65. The van der Waals surface area contributed by atoms with E-state index >= 15 is 0 Å². The summed E-state index contributed by atoms with van der Waals surface area (Å²) in [6.45, 7) is 3.52. The Labute approximate surface area is 105 Å². The number of aromatic nitrogens is 2. The highest BCUT2D eigenvalue weighted by molar-refractivity contribution is 5.98. The third kappa shape index (κ3) is 2.77. The first-order chi connectivity index (χ1) is 8.56. The normalized spacial score (nSPS) is 10.4. The van der Waals surface area contributed by atoms with E-state index in [-0.39, 0.29) is 18.0 Å². The number of Topliss-reactive ketones (excluding diaryl/α,β-unsaturated/α-hetero) is 1. The molecule has 0 amide bonds. The molecule has 0 atom stereocenters.